The van der Waals surface area contributed by atoms with Crippen LogP contribution < -0.4 is 4.90 Å². The molecule has 0 bridgehead atoms. The van der Waals surface area contributed by atoms with Gasteiger partial charge in [0.1, 0.15) is 5.82 Å². The molecule has 1 aromatic heterocycles. The number of nitrogens with zero attached hydrogens (tertiary/aromatic N) is 2. The molecule has 0 unspecified atom stereocenters. The molecule has 0 saturated heterocycles. The van der Waals surface area contributed by atoms with Gasteiger partial charge in [-0.15, -0.1) is 0 Å². The van der Waals surface area contributed by atoms with Crippen LogP contribution in [0.2, 0.25) is 0 Å². The van der Waals surface area contributed by atoms with Gasteiger partial charge in [0.25, 0.3) is 0 Å². The van der Waals surface area contributed by atoms with Crippen molar-refractivity contribution in [3.8, 4) is 0 Å². The van der Waals surface area contributed by atoms with E-state index in [1.165, 1.54) is 0 Å². The number of hydrogen-bond donors (Lipinski definition) is 0. The molecule has 0 N–H and O–H groups in total. The number of pyridine rings is 1. The van der Waals surface area contributed by atoms with Gasteiger partial charge in [-0.1, -0.05) is 15.9 Å². The van der Waals surface area contributed by atoms with Crippen molar-refractivity contribution in [3.05, 3.63) is 22.8 Å². The molecule has 14 heavy (non-hydrogen) atoms. The quantitative estimate of drug-likeness (QED) is 0.772. The van der Waals surface area contributed by atoms with Crippen molar-refractivity contribution in [1.29, 1.82) is 0 Å². The number of alkyl halides is 1. The largest absolute Gasteiger partial charge is 0.357 e. The third-order valence-electron chi connectivity index (χ3n) is 1.98. The molecule has 1 aromatic rings. The summed E-state index contributed by atoms with van der Waals surface area (Å²) in [5.74, 6) is 1.05. The van der Waals surface area contributed by atoms with Crippen molar-refractivity contribution >= 4 is 37.7 Å². The fourth-order valence-electron chi connectivity index (χ4n) is 1.24. The maximum absolute atomic E-state index is 4.37. The minimum atomic E-state index is 1.00. The van der Waals surface area contributed by atoms with Crippen LogP contribution in [-0.4, -0.2) is 23.4 Å². The Morgan fingerprint density at radius 1 is 1.43 bits per heavy atom. The standard InChI is InChI=1S/C10H14Br2N2/c1-2-14(7-3-6-11)10-5-4-9(12)8-13-10/h4-5,8H,2-3,6-7H2,1H3. The molecule has 1 heterocycles. The maximum Gasteiger partial charge on any atom is 0.128 e. The van der Waals surface area contributed by atoms with Crippen LogP contribution in [0.3, 0.4) is 0 Å². The molecule has 0 spiro atoms. The van der Waals surface area contributed by atoms with Gasteiger partial charge >= 0.3 is 0 Å². The summed E-state index contributed by atoms with van der Waals surface area (Å²) < 4.78 is 1.03. The van der Waals surface area contributed by atoms with Crippen molar-refractivity contribution in [1.82, 2.24) is 4.98 Å². The van der Waals surface area contributed by atoms with E-state index in [0.29, 0.717) is 0 Å². The Morgan fingerprint density at radius 2 is 2.21 bits per heavy atom. The number of anilines is 1. The SMILES string of the molecule is CCN(CCCBr)c1ccc(Br)cn1. The number of hydrogen-bond acceptors (Lipinski definition) is 2. The van der Waals surface area contributed by atoms with E-state index in [0.717, 1.165) is 35.1 Å². The van der Waals surface area contributed by atoms with Gasteiger partial charge in [-0.2, -0.15) is 0 Å². The molecule has 1 rings (SSSR count). The number of halogens is 2. The summed E-state index contributed by atoms with van der Waals surface area (Å²) in [6, 6.07) is 4.07. The number of aromatic nitrogens is 1. The van der Waals surface area contributed by atoms with Gasteiger partial charge in [0, 0.05) is 29.1 Å². The summed E-state index contributed by atoms with van der Waals surface area (Å²) in [6.07, 6.45) is 2.98. The fraction of sp³-hybridized carbons (Fsp3) is 0.500. The smallest absolute Gasteiger partial charge is 0.128 e. The molecule has 0 amide bonds. The summed E-state index contributed by atoms with van der Waals surface area (Å²) >= 11 is 6.82. The second-order valence-electron chi connectivity index (χ2n) is 2.96. The van der Waals surface area contributed by atoms with Crippen LogP contribution in [0, 0.1) is 0 Å². The minimum absolute atomic E-state index is 1.00. The predicted molar refractivity (Wildman–Crippen MR) is 68.2 cm³/mol. The predicted octanol–water partition coefficient (Wildman–Crippen LogP) is 3.46. The lowest BCUT2D eigenvalue weighted by atomic mass is 10.3. The highest BCUT2D eigenvalue weighted by Crippen LogP contribution is 2.14. The molecule has 0 aliphatic rings. The second-order valence-corrected chi connectivity index (χ2v) is 4.67. The van der Waals surface area contributed by atoms with Crippen molar-refractivity contribution in [2.75, 3.05) is 23.3 Å². The zero-order chi connectivity index (χ0) is 10.4. The van der Waals surface area contributed by atoms with E-state index in [9.17, 15) is 0 Å². The van der Waals surface area contributed by atoms with E-state index >= 15 is 0 Å². The highest BCUT2D eigenvalue weighted by atomic mass is 79.9. The molecule has 0 aliphatic carbocycles. The first-order valence-electron chi connectivity index (χ1n) is 4.70. The van der Waals surface area contributed by atoms with Crippen LogP contribution in [0.4, 0.5) is 5.82 Å². The van der Waals surface area contributed by atoms with E-state index in [2.05, 4.69) is 48.7 Å². The zero-order valence-electron chi connectivity index (χ0n) is 8.21. The van der Waals surface area contributed by atoms with Crippen molar-refractivity contribution in [2.45, 2.75) is 13.3 Å². The average Bonchev–Trinajstić information content (AvgIpc) is 2.21. The topological polar surface area (TPSA) is 16.1 Å². The van der Waals surface area contributed by atoms with E-state index in [1.807, 2.05) is 18.3 Å². The van der Waals surface area contributed by atoms with Crippen LogP contribution in [0.15, 0.2) is 22.8 Å². The van der Waals surface area contributed by atoms with Crippen LogP contribution in [0.25, 0.3) is 0 Å². The van der Waals surface area contributed by atoms with Crippen LogP contribution in [0.1, 0.15) is 13.3 Å². The molecule has 78 valence electrons. The molecule has 4 heteroatoms. The summed E-state index contributed by atoms with van der Waals surface area (Å²) in [5.41, 5.74) is 0. The summed E-state index contributed by atoms with van der Waals surface area (Å²) in [5, 5.41) is 1.04. The first-order valence-corrected chi connectivity index (χ1v) is 6.62. The summed E-state index contributed by atoms with van der Waals surface area (Å²) in [4.78, 5) is 6.64. The van der Waals surface area contributed by atoms with Gasteiger partial charge < -0.3 is 4.90 Å². The lowest BCUT2D eigenvalue weighted by Gasteiger charge is -2.21. The Balaban J connectivity index is 2.64. The van der Waals surface area contributed by atoms with Gasteiger partial charge in [-0.3, -0.25) is 0 Å². The fourth-order valence-corrected chi connectivity index (χ4v) is 1.73. The average molecular weight is 322 g/mol. The summed E-state index contributed by atoms with van der Waals surface area (Å²) in [6.45, 7) is 4.20. The van der Waals surface area contributed by atoms with E-state index in [-0.39, 0.29) is 0 Å². The van der Waals surface area contributed by atoms with Crippen LogP contribution in [0.5, 0.6) is 0 Å². The normalized spacial score (nSPS) is 10.2. The Bertz CT molecular complexity index is 261. The highest BCUT2D eigenvalue weighted by molar-refractivity contribution is 9.10. The van der Waals surface area contributed by atoms with Crippen molar-refractivity contribution in [3.63, 3.8) is 0 Å². The molecule has 0 fully saturated rings. The summed E-state index contributed by atoms with van der Waals surface area (Å²) in [7, 11) is 0. The van der Waals surface area contributed by atoms with Gasteiger partial charge in [0.05, 0.1) is 0 Å². The molecule has 0 radical (unpaired) electrons. The Hall–Kier alpha value is -0.0900. The van der Waals surface area contributed by atoms with Crippen LogP contribution >= 0.6 is 31.9 Å². The van der Waals surface area contributed by atoms with Gasteiger partial charge in [0.15, 0.2) is 0 Å². The van der Waals surface area contributed by atoms with E-state index in [1.54, 1.807) is 0 Å². The second kappa shape index (κ2) is 6.40. The van der Waals surface area contributed by atoms with Gasteiger partial charge in [-0.25, -0.2) is 4.98 Å². The molecule has 0 aliphatic heterocycles. The third kappa shape index (κ3) is 3.58. The molecule has 2 nitrogen and oxygen atoms in total. The Kier molecular flexibility index (Phi) is 5.48. The minimum Gasteiger partial charge on any atom is -0.357 e. The number of rotatable bonds is 5. The van der Waals surface area contributed by atoms with Gasteiger partial charge in [0.2, 0.25) is 0 Å². The monoisotopic (exact) mass is 320 g/mol. The highest BCUT2D eigenvalue weighted by Gasteiger charge is 2.03. The molecular weight excluding hydrogens is 308 g/mol. The molecule has 0 saturated carbocycles. The Morgan fingerprint density at radius 3 is 2.71 bits per heavy atom. The maximum atomic E-state index is 4.37. The van der Waals surface area contributed by atoms with E-state index in [4.69, 9.17) is 0 Å². The van der Waals surface area contributed by atoms with Crippen molar-refractivity contribution in [2.24, 2.45) is 0 Å². The van der Waals surface area contributed by atoms with Crippen LogP contribution in [-0.2, 0) is 0 Å². The molecule has 0 aromatic carbocycles. The van der Waals surface area contributed by atoms with Gasteiger partial charge in [-0.05, 0) is 41.4 Å². The van der Waals surface area contributed by atoms with E-state index < -0.39 is 0 Å². The first kappa shape index (κ1) is 12.0. The lowest BCUT2D eigenvalue weighted by molar-refractivity contribution is 0.785. The third-order valence-corrected chi connectivity index (χ3v) is 3.01. The van der Waals surface area contributed by atoms with Crippen molar-refractivity contribution < 1.29 is 0 Å². The zero-order valence-corrected chi connectivity index (χ0v) is 11.4. The lowest BCUT2D eigenvalue weighted by Crippen LogP contribution is -2.24. The Labute approximate surface area is 102 Å². The molecular formula is C10H14Br2N2. The first-order chi connectivity index (χ1) is 6.77. The molecule has 0 atom stereocenters.